The van der Waals surface area contributed by atoms with Gasteiger partial charge in [-0.2, -0.15) is 0 Å². The van der Waals surface area contributed by atoms with E-state index in [2.05, 4.69) is 15.9 Å². The molecule has 1 aliphatic heterocycles. The highest BCUT2D eigenvalue weighted by Gasteiger charge is 2.25. The van der Waals surface area contributed by atoms with Crippen molar-refractivity contribution in [3.8, 4) is 0 Å². The normalized spacial score (nSPS) is 14.9. The van der Waals surface area contributed by atoms with E-state index in [-0.39, 0.29) is 0 Å². The van der Waals surface area contributed by atoms with E-state index in [0.29, 0.717) is 23.1 Å². The minimum absolute atomic E-state index is 0.351. The largest absolute Gasteiger partial charge is 0.288 e. The van der Waals surface area contributed by atoms with E-state index in [9.17, 15) is 0 Å². The molecule has 1 aromatic rings. The van der Waals surface area contributed by atoms with E-state index in [1.54, 1.807) is 11.8 Å². The molecule has 3 nitrogen and oxygen atoms in total. The molecule has 0 unspecified atom stereocenters. The molecule has 2 rings (SSSR count). The minimum Gasteiger partial charge on any atom is -0.288 e. The number of halogens is 2. The van der Waals surface area contributed by atoms with Crippen molar-refractivity contribution in [2.45, 2.75) is 19.8 Å². The second-order valence-corrected chi connectivity index (χ2v) is 4.96. The third kappa shape index (κ3) is 1.76. The average Bonchev–Trinajstić information content (AvgIpc) is 2.22. The highest BCUT2D eigenvalue weighted by molar-refractivity contribution is 9.10. The van der Waals surface area contributed by atoms with Crippen LogP contribution in [0.3, 0.4) is 0 Å². The van der Waals surface area contributed by atoms with E-state index in [1.165, 1.54) is 0 Å². The topological polar surface area (TPSA) is 50.9 Å². The third-order valence-corrected chi connectivity index (χ3v) is 3.95. The second-order valence-electron chi connectivity index (χ2n) is 3.73. The summed E-state index contributed by atoms with van der Waals surface area (Å²) >= 11 is 9.60. The molecule has 16 heavy (non-hydrogen) atoms. The standard InChI is InChI=1S/C11H11BrClN3/c1-6(14)16-9-4-3-8(12)11(13)7(9)2-5-10(16)15/h3-4,14-15H,2,5H2,1H3. The highest BCUT2D eigenvalue weighted by atomic mass is 79.9. The Morgan fingerprint density at radius 3 is 2.75 bits per heavy atom. The fourth-order valence-electron chi connectivity index (χ4n) is 1.91. The van der Waals surface area contributed by atoms with Gasteiger partial charge in [-0.25, -0.2) is 0 Å². The molecule has 0 aliphatic carbocycles. The Kier molecular flexibility index (Phi) is 3.04. The van der Waals surface area contributed by atoms with Crippen molar-refractivity contribution in [1.82, 2.24) is 0 Å². The lowest BCUT2D eigenvalue weighted by molar-refractivity contribution is 0.966. The van der Waals surface area contributed by atoms with Gasteiger partial charge in [0.1, 0.15) is 11.7 Å². The van der Waals surface area contributed by atoms with Crippen LogP contribution in [0.2, 0.25) is 5.02 Å². The van der Waals surface area contributed by atoms with Crippen LogP contribution >= 0.6 is 27.5 Å². The zero-order valence-corrected chi connectivity index (χ0v) is 11.1. The van der Waals surface area contributed by atoms with E-state index in [1.807, 2.05) is 12.1 Å². The molecule has 0 radical (unpaired) electrons. The van der Waals surface area contributed by atoms with Crippen LogP contribution in [0.15, 0.2) is 16.6 Å². The fraction of sp³-hybridized carbons (Fsp3) is 0.273. The lowest BCUT2D eigenvalue weighted by Crippen LogP contribution is -2.38. The van der Waals surface area contributed by atoms with Gasteiger partial charge in [0.05, 0.1) is 10.7 Å². The molecule has 0 spiro atoms. The summed E-state index contributed by atoms with van der Waals surface area (Å²) in [6, 6.07) is 3.76. The van der Waals surface area contributed by atoms with E-state index in [4.69, 9.17) is 22.4 Å². The summed E-state index contributed by atoms with van der Waals surface area (Å²) in [5.41, 5.74) is 1.87. The van der Waals surface area contributed by atoms with Gasteiger partial charge in [-0.3, -0.25) is 15.7 Å². The molecule has 0 bridgehead atoms. The van der Waals surface area contributed by atoms with Crippen LogP contribution in [-0.2, 0) is 6.42 Å². The molecule has 1 aromatic carbocycles. The molecule has 0 aromatic heterocycles. The minimum atomic E-state index is 0.351. The maximum Gasteiger partial charge on any atom is 0.106 e. The van der Waals surface area contributed by atoms with Crippen LogP contribution in [-0.4, -0.2) is 11.7 Å². The van der Waals surface area contributed by atoms with Crippen LogP contribution in [0.25, 0.3) is 0 Å². The van der Waals surface area contributed by atoms with Crippen LogP contribution in [0.1, 0.15) is 18.9 Å². The number of rotatable bonds is 0. The maximum absolute atomic E-state index is 7.86. The van der Waals surface area contributed by atoms with Crippen LogP contribution < -0.4 is 4.90 Å². The van der Waals surface area contributed by atoms with Crippen LogP contribution in [0, 0.1) is 10.8 Å². The van der Waals surface area contributed by atoms with Crippen molar-refractivity contribution >= 4 is 44.9 Å². The molecule has 0 saturated carbocycles. The summed E-state index contributed by atoms with van der Waals surface area (Å²) < 4.78 is 0.865. The zero-order chi connectivity index (χ0) is 11.9. The lowest BCUT2D eigenvalue weighted by Gasteiger charge is -2.31. The molecule has 1 heterocycles. The Bertz CT molecular complexity index is 484. The van der Waals surface area contributed by atoms with Gasteiger partial charge in [0.15, 0.2) is 0 Å². The average molecular weight is 301 g/mol. The lowest BCUT2D eigenvalue weighted by atomic mass is 10.0. The van der Waals surface area contributed by atoms with Crippen molar-refractivity contribution in [3.05, 3.63) is 27.2 Å². The second kappa shape index (κ2) is 4.18. The van der Waals surface area contributed by atoms with Gasteiger partial charge in [-0.1, -0.05) is 11.6 Å². The van der Waals surface area contributed by atoms with Gasteiger partial charge in [0.2, 0.25) is 0 Å². The summed E-state index contributed by atoms with van der Waals surface area (Å²) in [5.74, 6) is 0.808. The molecule has 0 atom stereocenters. The van der Waals surface area contributed by atoms with Crippen molar-refractivity contribution in [1.29, 1.82) is 10.8 Å². The Morgan fingerprint density at radius 1 is 1.44 bits per heavy atom. The van der Waals surface area contributed by atoms with Gasteiger partial charge in [-0.15, -0.1) is 0 Å². The zero-order valence-electron chi connectivity index (χ0n) is 8.77. The van der Waals surface area contributed by atoms with Gasteiger partial charge in [-0.05, 0) is 47.0 Å². The quantitative estimate of drug-likeness (QED) is 0.555. The monoisotopic (exact) mass is 299 g/mol. The van der Waals surface area contributed by atoms with Gasteiger partial charge in [0.25, 0.3) is 0 Å². The van der Waals surface area contributed by atoms with Crippen molar-refractivity contribution < 1.29 is 0 Å². The molecule has 2 N–H and O–H groups in total. The Hall–Kier alpha value is -0.870. The number of fused-ring (bicyclic) bond motifs is 1. The van der Waals surface area contributed by atoms with Gasteiger partial charge < -0.3 is 0 Å². The van der Waals surface area contributed by atoms with Crippen molar-refractivity contribution in [3.63, 3.8) is 0 Å². The molecular weight excluding hydrogens is 289 g/mol. The van der Waals surface area contributed by atoms with E-state index >= 15 is 0 Å². The number of anilines is 1. The first-order valence-corrected chi connectivity index (χ1v) is 6.09. The number of hydrogen-bond acceptors (Lipinski definition) is 2. The van der Waals surface area contributed by atoms with Gasteiger partial charge in [0, 0.05) is 10.9 Å². The Morgan fingerprint density at radius 2 is 2.12 bits per heavy atom. The first-order valence-electron chi connectivity index (χ1n) is 4.92. The Labute approximate surface area is 108 Å². The highest BCUT2D eigenvalue weighted by Crippen LogP contribution is 2.37. The molecule has 0 amide bonds. The SMILES string of the molecule is CC(=N)N1C(=N)CCc2c1ccc(Br)c2Cl. The van der Waals surface area contributed by atoms with E-state index < -0.39 is 0 Å². The first kappa shape index (κ1) is 11.6. The molecule has 5 heteroatoms. The summed E-state index contributed by atoms with van der Waals surface area (Å²) in [5, 5.41) is 16.3. The molecule has 84 valence electrons. The Balaban J connectivity index is 2.61. The van der Waals surface area contributed by atoms with E-state index in [0.717, 1.165) is 22.1 Å². The van der Waals surface area contributed by atoms with Crippen LogP contribution in [0.5, 0.6) is 0 Å². The number of nitrogens with zero attached hydrogens (tertiary/aromatic N) is 1. The maximum atomic E-state index is 7.86. The van der Waals surface area contributed by atoms with Crippen molar-refractivity contribution in [2.24, 2.45) is 0 Å². The van der Waals surface area contributed by atoms with Gasteiger partial charge >= 0.3 is 0 Å². The molecular formula is C11H11BrClN3. The first-order chi connectivity index (χ1) is 7.52. The summed E-state index contributed by atoms with van der Waals surface area (Å²) in [6.45, 7) is 1.68. The number of hydrogen-bond donors (Lipinski definition) is 2. The fourth-order valence-corrected chi connectivity index (χ4v) is 2.54. The smallest absolute Gasteiger partial charge is 0.106 e. The third-order valence-electron chi connectivity index (χ3n) is 2.63. The number of amidine groups is 2. The molecule has 1 aliphatic rings. The van der Waals surface area contributed by atoms with Crippen molar-refractivity contribution in [2.75, 3.05) is 4.90 Å². The predicted molar refractivity (Wildman–Crippen MR) is 71.1 cm³/mol. The van der Waals surface area contributed by atoms with Crippen LogP contribution in [0.4, 0.5) is 5.69 Å². The number of nitrogens with one attached hydrogen (secondary N) is 2. The molecule has 0 fully saturated rings. The summed E-state index contributed by atoms with van der Waals surface area (Å²) in [6.07, 6.45) is 1.38. The molecule has 0 saturated heterocycles. The summed E-state index contributed by atoms with van der Waals surface area (Å²) in [4.78, 5) is 1.64. The number of benzene rings is 1. The summed E-state index contributed by atoms with van der Waals surface area (Å²) in [7, 11) is 0. The predicted octanol–water partition coefficient (Wildman–Crippen LogP) is 3.83.